The van der Waals surface area contributed by atoms with E-state index in [9.17, 15) is 44.4 Å². The lowest BCUT2D eigenvalue weighted by atomic mass is 9.61. The number of rotatable bonds is 23. The number of carbonyl (C=O) groups is 5. The number of azo groups is 1. The molecule has 10 aliphatic rings. The minimum absolute atomic E-state index is 0.152. The van der Waals surface area contributed by atoms with Gasteiger partial charge in [0.1, 0.15) is 5.75 Å². The van der Waals surface area contributed by atoms with E-state index in [4.69, 9.17) is 9.47 Å². The summed E-state index contributed by atoms with van der Waals surface area (Å²) < 4.78 is 11.9. The van der Waals surface area contributed by atoms with E-state index in [1.807, 2.05) is 115 Å². The van der Waals surface area contributed by atoms with Crippen LogP contribution in [0.5, 0.6) is 5.75 Å². The first-order chi connectivity index (χ1) is 43.3. The lowest BCUT2D eigenvalue weighted by Gasteiger charge is -2.41. The number of carbonyl (C=O) groups excluding carboxylic acids is 1. The van der Waals surface area contributed by atoms with Crippen LogP contribution in [0.4, 0.5) is 11.4 Å². The van der Waals surface area contributed by atoms with Crippen LogP contribution >= 0.6 is 64.8 Å². The van der Waals surface area contributed by atoms with Crippen LogP contribution in [0, 0.1) is 0 Å². The summed E-state index contributed by atoms with van der Waals surface area (Å²) in [6.45, 7) is 2.93. The first kappa shape index (κ1) is 62.1. The molecule has 7 aromatic carbocycles. The molecule has 13 nitrogen and oxygen atoms in total. The second-order valence-corrected chi connectivity index (χ2v) is 29.4. The van der Waals surface area contributed by atoms with Gasteiger partial charge in [-0.05, 0) is 185 Å². The normalized spacial score (nSPS) is 17.7. The molecule has 4 aliphatic heterocycles. The molecular formula is C70H62N2O11S6. The molecule has 16 bridgehead atoms. The molecule has 17 rings (SSSR count). The van der Waals surface area contributed by atoms with Crippen LogP contribution in [0.3, 0.4) is 0 Å². The zero-order valence-corrected chi connectivity index (χ0v) is 53.4. The summed E-state index contributed by atoms with van der Waals surface area (Å²) in [4.78, 5) is 71.1. The first-order valence-electron chi connectivity index (χ1n) is 29.9. The molecule has 0 unspecified atom stereocenters. The Morgan fingerprint density at radius 3 is 1.17 bits per heavy atom. The zero-order chi connectivity index (χ0) is 61.7. The van der Waals surface area contributed by atoms with Crippen molar-refractivity contribution in [3.05, 3.63) is 217 Å². The Morgan fingerprint density at radius 1 is 0.382 bits per heavy atom. The third-order valence-electron chi connectivity index (χ3n) is 16.9. The number of fused-ring (bicyclic) bond motifs is 2. The number of esters is 1. The van der Waals surface area contributed by atoms with Gasteiger partial charge in [0.05, 0.1) is 52.4 Å². The second-order valence-electron chi connectivity index (χ2n) is 22.6. The molecule has 0 amide bonds. The molecule has 0 saturated heterocycles. The van der Waals surface area contributed by atoms with Gasteiger partial charge in [-0.2, -0.15) is 10.2 Å². The SMILES string of the molecule is CCCCCCCCCCc1ccc(N=Nc2ccc(OCCCCCOC(=O)c3cc4cc(c3)SSc3ccc5c(c3)[C@@H]3C(C(=O)O)=C(C(=O)O)[C@H]5c5cc(ccc53)SSc3ccc5c(c3)[C@H]3C(C(=O)O)=C(C(=O)O)[C@@H]5c5ccc(cc53)SS4)cc2)cc1. The number of carboxylic acids is 4. The number of benzene rings is 7. The van der Waals surface area contributed by atoms with Crippen LogP contribution < -0.4 is 4.74 Å². The van der Waals surface area contributed by atoms with E-state index in [1.54, 1.807) is 12.1 Å². The number of nitrogens with zero attached hydrogens (tertiary/aromatic N) is 2. The fraction of sp³-hybridized carbons (Fsp3) is 0.271. The molecule has 19 heteroatoms. The number of aryl methyl sites for hydroxylation is 1. The molecule has 0 saturated carbocycles. The average molecular weight is 1300 g/mol. The van der Waals surface area contributed by atoms with Crippen LogP contribution in [0.15, 0.2) is 201 Å². The molecule has 0 radical (unpaired) electrons. The summed E-state index contributed by atoms with van der Waals surface area (Å²) in [6, 6.07) is 44.3. The van der Waals surface area contributed by atoms with E-state index in [-0.39, 0.29) is 28.9 Å². The van der Waals surface area contributed by atoms with Crippen LogP contribution in [-0.4, -0.2) is 63.5 Å². The maximum absolute atomic E-state index is 14.0. The predicted octanol–water partition coefficient (Wildman–Crippen LogP) is 19.0. The monoisotopic (exact) mass is 1300 g/mol. The standard InChI is InChI=1S/C70H62N2O11S6/c1-2-3-4-5-6-7-8-10-13-39-14-16-41(17-15-39)71-72-42-18-20-43(21-19-42)82-30-11-9-12-31-83-70(81)40-32-48-34-49(33-40)89-87-47-23-27-51-57(38-47)61-56-37-45(22-26-50(56)58(51)62(66(73)74)65(61)69(79)80)85-84-44-24-28-52-54(35-44)59-53-29-25-46(86-88-48)36-55(53)60(52)64(68(77)78)63(59)67(75)76/h14-29,32-38,58-61H,2-13,30-31H2,1H3,(H,73,74)(H,75,76)(H,77,78)(H,79,80)/t58-,59+,60+,61+/m0/s1. The van der Waals surface area contributed by atoms with Gasteiger partial charge in [-0.25, -0.2) is 24.0 Å². The number of aliphatic carboxylic acids is 4. The van der Waals surface area contributed by atoms with Gasteiger partial charge in [0.15, 0.2) is 0 Å². The zero-order valence-electron chi connectivity index (χ0n) is 48.5. The molecule has 0 aromatic heterocycles. The molecule has 4 heterocycles. The Morgan fingerprint density at radius 2 is 0.742 bits per heavy atom. The van der Waals surface area contributed by atoms with Gasteiger partial charge in [0, 0.05) is 53.0 Å². The molecular weight excluding hydrogens is 1240 g/mol. The van der Waals surface area contributed by atoms with E-state index in [2.05, 4.69) is 29.3 Å². The Kier molecular flexibility index (Phi) is 19.5. The van der Waals surface area contributed by atoms with Crippen molar-refractivity contribution in [1.82, 2.24) is 0 Å². The molecule has 0 fully saturated rings. The van der Waals surface area contributed by atoms with Crippen LogP contribution in [0.2, 0.25) is 0 Å². The Bertz CT molecular complexity index is 4030. The van der Waals surface area contributed by atoms with Gasteiger partial charge in [-0.15, -0.1) is 0 Å². The fourth-order valence-corrected chi connectivity index (χ4v) is 18.9. The second kappa shape index (κ2) is 27.9. The van der Waals surface area contributed by atoms with E-state index >= 15 is 0 Å². The smallest absolute Gasteiger partial charge is 0.338 e. The highest BCUT2D eigenvalue weighted by atomic mass is 33.1. The van der Waals surface area contributed by atoms with Crippen molar-refractivity contribution in [2.24, 2.45) is 10.2 Å². The summed E-state index contributed by atoms with van der Waals surface area (Å²) in [7, 11) is 8.56. The molecule has 4 atom stereocenters. The average Bonchev–Trinajstić information content (AvgIpc) is 0.731. The summed E-state index contributed by atoms with van der Waals surface area (Å²) >= 11 is 0. The number of hydrogen-bond acceptors (Lipinski definition) is 15. The number of ether oxygens (including phenoxy) is 2. The Balaban J connectivity index is 0.732. The lowest BCUT2D eigenvalue weighted by molar-refractivity contribution is -0.136. The number of hydrogen-bond donors (Lipinski definition) is 4. The maximum atomic E-state index is 14.0. The van der Waals surface area contributed by atoms with Gasteiger partial charge in [0.2, 0.25) is 0 Å². The predicted molar refractivity (Wildman–Crippen MR) is 352 cm³/mol. The minimum Gasteiger partial charge on any atom is -0.494 e. The van der Waals surface area contributed by atoms with E-state index in [1.165, 1.54) is 122 Å². The number of carboxylic acid groups (broad SMARTS) is 4. The lowest BCUT2D eigenvalue weighted by Crippen LogP contribution is -2.34. The summed E-state index contributed by atoms with van der Waals surface area (Å²) in [5, 5.41) is 51.6. The van der Waals surface area contributed by atoms with Gasteiger partial charge in [-0.3, -0.25) is 0 Å². The van der Waals surface area contributed by atoms with Gasteiger partial charge < -0.3 is 29.9 Å². The highest BCUT2D eigenvalue weighted by molar-refractivity contribution is 8.77. The highest BCUT2D eigenvalue weighted by Crippen LogP contribution is 2.60. The van der Waals surface area contributed by atoms with Crippen LogP contribution in [0.25, 0.3) is 0 Å². The van der Waals surface area contributed by atoms with E-state index in [0.717, 1.165) is 88.0 Å². The first-order valence-corrected chi connectivity index (χ1v) is 36.3. The molecule has 454 valence electrons. The molecule has 89 heavy (non-hydrogen) atoms. The molecule has 4 N–H and O–H groups in total. The third-order valence-corrected chi connectivity index (χ3v) is 24.0. The van der Waals surface area contributed by atoms with Crippen molar-refractivity contribution in [2.45, 2.75) is 137 Å². The number of unbranched alkanes of at least 4 members (excludes halogenated alkanes) is 9. The van der Waals surface area contributed by atoms with Gasteiger partial charge in [0.25, 0.3) is 0 Å². The van der Waals surface area contributed by atoms with E-state index in [0.29, 0.717) is 40.8 Å². The summed E-state index contributed by atoms with van der Waals surface area (Å²) in [5.41, 5.74) is 8.30. The van der Waals surface area contributed by atoms with Crippen molar-refractivity contribution in [1.29, 1.82) is 0 Å². The third kappa shape index (κ3) is 13.5. The van der Waals surface area contributed by atoms with Crippen molar-refractivity contribution in [2.75, 3.05) is 13.2 Å². The summed E-state index contributed by atoms with van der Waals surface area (Å²) in [5.74, 6) is -8.35. The van der Waals surface area contributed by atoms with Gasteiger partial charge >= 0.3 is 29.8 Å². The Hall–Kier alpha value is -7.13. The molecule has 0 spiro atoms. The fourth-order valence-electron chi connectivity index (χ4n) is 12.8. The largest absolute Gasteiger partial charge is 0.494 e. The maximum Gasteiger partial charge on any atom is 0.338 e. The highest BCUT2D eigenvalue weighted by Gasteiger charge is 2.50. The molecule has 6 aliphatic carbocycles. The van der Waals surface area contributed by atoms with Crippen molar-refractivity contribution >= 4 is 106 Å². The minimum atomic E-state index is -1.30. The van der Waals surface area contributed by atoms with E-state index < -0.39 is 53.5 Å². The van der Waals surface area contributed by atoms with Crippen molar-refractivity contribution in [3.8, 4) is 5.75 Å². The van der Waals surface area contributed by atoms with Crippen LogP contribution in [-0.2, 0) is 30.3 Å². The Labute approximate surface area is 539 Å². The van der Waals surface area contributed by atoms with Gasteiger partial charge in [-0.1, -0.05) is 153 Å². The molecule has 7 aromatic rings. The van der Waals surface area contributed by atoms with Crippen molar-refractivity contribution in [3.63, 3.8) is 0 Å². The summed E-state index contributed by atoms with van der Waals surface area (Å²) in [6.07, 6.45) is 13.7. The van der Waals surface area contributed by atoms with Crippen molar-refractivity contribution < 1.29 is 53.9 Å². The topological polar surface area (TPSA) is 209 Å². The van der Waals surface area contributed by atoms with Crippen LogP contribution in [0.1, 0.15) is 162 Å². The quantitative estimate of drug-likeness (QED) is 0.0203.